The van der Waals surface area contributed by atoms with Crippen LogP contribution in [0.3, 0.4) is 0 Å². The van der Waals surface area contributed by atoms with Gasteiger partial charge in [-0.2, -0.15) is 0 Å². The van der Waals surface area contributed by atoms with E-state index in [1.165, 1.54) is 0 Å². The molecule has 20 heavy (non-hydrogen) atoms. The van der Waals surface area contributed by atoms with Crippen molar-refractivity contribution in [1.82, 2.24) is 0 Å². The van der Waals surface area contributed by atoms with Crippen molar-refractivity contribution >= 4 is 0 Å². The number of rotatable bonds is 2. The Labute approximate surface area is 118 Å². The highest BCUT2D eigenvalue weighted by Gasteiger charge is 2.10. The van der Waals surface area contributed by atoms with Crippen molar-refractivity contribution in [3.05, 3.63) is 84.2 Å². The molecule has 0 spiro atoms. The van der Waals surface area contributed by atoms with Crippen molar-refractivity contribution in [1.29, 1.82) is 0 Å². The van der Waals surface area contributed by atoms with Gasteiger partial charge in [-0.1, -0.05) is 60.7 Å². The number of halogens is 1. The predicted molar refractivity (Wildman–Crippen MR) is 82.0 cm³/mol. The third-order valence-electron chi connectivity index (χ3n) is 3.54. The molecule has 0 radical (unpaired) electrons. The molecule has 0 aliphatic heterocycles. The largest absolute Gasteiger partial charge is 0.207 e. The molecule has 0 saturated carbocycles. The summed E-state index contributed by atoms with van der Waals surface area (Å²) in [6.07, 6.45) is 0. The van der Waals surface area contributed by atoms with E-state index in [0.717, 1.165) is 27.8 Å². The fourth-order valence-electron chi connectivity index (χ4n) is 2.51. The minimum atomic E-state index is -0.201. The molecular weight excluding hydrogens is 247 g/mol. The molecule has 0 atom stereocenters. The fraction of sp³-hybridized carbons (Fsp3) is 0.0526. The molecule has 1 heteroatoms. The summed E-state index contributed by atoms with van der Waals surface area (Å²) in [7, 11) is 0. The predicted octanol–water partition coefficient (Wildman–Crippen LogP) is 5.47. The fourth-order valence-corrected chi connectivity index (χ4v) is 2.51. The SMILES string of the molecule is Cc1c(-c2ccccc2)cc(F)cc1-c1ccccc1. The lowest BCUT2D eigenvalue weighted by Gasteiger charge is -2.12. The zero-order valence-corrected chi connectivity index (χ0v) is 11.3. The zero-order valence-electron chi connectivity index (χ0n) is 11.3. The Balaban J connectivity index is 2.22. The van der Waals surface area contributed by atoms with E-state index in [1.54, 1.807) is 12.1 Å². The van der Waals surface area contributed by atoms with E-state index in [0.29, 0.717) is 0 Å². The molecule has 0 unspecified atom stereocenters. The number of hydrogen-bond donors (Lipinski definition) is 0. The molecule has 98 valence electrons. The monoisotopic (exact) mass is 262 g/mol. The Bertz CT molecular complexity index is 655. The zero-order chi connectivity index (χ0) is 13.9. The van der Waals surface area contributed by atoms with E-state index in [9.17, 15) is 4.39 Å². The van der Waals surface area contributed by atoms with Gasteiger partial charge in [0.15, 0.2) is 0 Å². The molecule has 0 aromatic heterocycles. The third kappa shape index (κ3) is 2.35. The molecular formula is C19H15F. The molecule has 0 fully saturated rings. The van der Waals surface area contributed by atoms with E-state index < -0.39 is 0 Å². The van der Waals surface area contributed by atoms with Crippen LogP contribution in [0.2, 0.25) is 0 Å². The average molecular weight is 262 g/mol. The molecule has 0 heterocycles. The maximum atomic E-state index is 14.0. The summed E-state index contributed by atoms with van der Waals surface area (Å²) in [5.41, 5.74) is 5.08. The molecule has 0 aliphatic rings. The van der Waals surface area contributed by atoms with Crippen molar-refractivity contribution in [2.75, 3.05) is 0 Å². The van der Waals surface area contributed by atoms with Gasteiger partial charge in [-0.15, -0.1) is 0 Å². The second-order valence-corrected chi connectivity index (χ2v) is 4.86. The maximum absolute atomic E-state index is 14.0. The van der Waals surface area contributed by atoms with Gasteiger partial charge in [0.1, 0.15) is 5.82 Å². The second-order valence-electron chi connectivity index (χ2n) is 4.86. The molecule has 3 rings (SSSR count). The van der Waals surface area contributed by atoms with E-state index in [-0.39, 0.29) is 5.82 Å². The first-order chi connectivity index (χ1) is 9.75. The van der Waals surface area contributed by atoms with Gasteiger partial charge < -0.3 is 0 Å². The van der Waals surface area contributed by atoms with Crippen LogP contribution in [-0.4, -0.2) is 0 Å². The lowest BCUT2D eigenvalue weighted by atomic mass is 9.92. The quantitative estimate of drug-likeness (QED) is 0.574. The molecule has 3 aromatic carbocycles. The summed E-state index contributed by atoms with van der Waals surface area (Å²) >= 11 is 0. The highest BCUT2D eigenvalue weighted by atomic mass is 19.1. The first kappa shape index (κ1) is 12.6. The standard InChI is InChI=1S/C19H15F/c1-14-18(15-8-4-2-5-9-15)12-17(20)13-19(14)16-10-6-3-7-11-16/h2-13H,1H3. The topological polar surface area (TPSA) is 0 Å². The van der Waals surface area contributed by atoms with E-state index in [2.05, 4.69) is 0 Å². The minimum absolute atomic E-state index is 0.201. The van der Waals surface area contributed by atoms with Crippen LogP contribution in [0, 0.1) is 12.7 Å². The third-order valence-corrected chi connectivity index (χ3v) is 3.54. The van der Waals surface area contributed by atoms with Crippen LogP contribution in [0.5, 0.6) is 0 Å². The lowest BCUT2D eigenvalue weighted by Crippen LogP contribution is -1.91. The summed E-state index contributed by atoms with van der Waals surface area (Å²) < 4.78 is 14.0. The van der Waals surface area contributed by atoms with E-state index >= 15 is 0 Å². The van der Waals surface area contributed by atoms with Crippen molar-refractivity contribution in [3.8, 4) is 22.3 Å². The Morgan fingerprint density at radius 3 is 1.45 bits per heavy atom. The first-order valence-corrected chi connectivity index (χ1v) is 6.67. The van der Waals surface area contributed by atoms with Gasteiger partial charge in [-0.3, -0.25) is 0 Å². The highest BCUT2D eigenvalue weighted by molar-refractivity contribution is 5.78. The summed E-state index contributed by atoms with van der Waals surface area (Å²) in [4.78, 5) is 0. The van der Waals surface area contributed by atoms with E-state index in [1.807, 2.05) is 67.6 Å². The van der Waals surface area contributed by atoms with Gasteiger partial charge >= 0.3 is 0 Å². The van der Waals surface area contributed by atoms with E-state index in [4.69, 9.17) is 0 Å². The van der Waals surface area contributed by atoms with Crippen molar-refractivity contribution in [3.63, 3.8) is 0 Å². The van der Waals surface area contributed by atoms with Gasteiger partial charge in [0.05, 0.1) is 0 Å². The smallest absolute Gasteiger partial charge is 0.124 e. The normalized spacial score (nSPS) is 10.5. The molecule has 0 nitrogen and oxygen atoms in total. The van der Waals surface area contributed by atoms with Crippen LogP contribution >= 0.6 is 0 Å². The van der Waals surface area contributed by atoms with Crippen LogP contribution in [0.15, 0.2) is 72.8 Å². The molecule has 0 N–H and O–H groups in total. The molecule has 3 aromatic rings. The Morgan fingerprint density at radius 2 is 1.05 bits per heavy atom. The second kappa shape index (κ2) is 5.30. The molecule has 0 bridgehead atoms. The highest BCUT2D eigenvalue weighted by Crippen LogP contribution is 2.32. The summed E-state index contributed by atoms with van der Waals surface area (Å²) in [6.45, 7) is 2.05. The number of benzene rings is 3. The Kier molecular flexibility index (Phi) is 3.34. The summed E-state index contributed by atoms with van der Waals surface area (Å²) in [6, 6.07) is 23.1. The van der Waals surface area contributed by atoms with Crippen LogP contribution in [0.1, 0.15) is 5.56 Å². The van der Waals surface area contributed by atoms with Crippen LogP contribution < -0.4 is 0 Å². The van der Waals surface area contributed by atoms with Gasteiger partial charge in [0.2, 0.25) is 0 Å². The maximum Gasteiger partial charge on any atom is 0.124 e. The Hall–Kier alpha value is -2.41. The van der Waals surface area contributed by atoms with Gasteiger partial charge in [0, 0.05) is 0 Å². The van der Waals surface area contributed by atoms with Crippen LogP contribution in [0.25, 0.3) is 22.3 Å². The first-order valence-electron chi connectivity index (χ1n) is 6.67. The number of hydrogen-bond acceptors (Lipinski definition) is 0. The van der Waals surface area contributed by atoms with Crippen molar-refractivity contribution < 1.29 is 4.39 Å². The van der Waals surface area contributed by atoms with Gasteiger partial charge in [-0.25, -0.2) is 4.39 Å². The van der Waals surface area contributed by atoms with Crippen molar-refractivity contribution in [2.45, 2.75) is 6.92 Å². The van der Waals surface area contributed by atoms with Crippen LogP contribution in [-0.2, 0) is 0 Å². The van der Waals surface area contributed by atoms with Gasteiger partial charge in [-0.05, 0) is 46.9 Å². The molecule has 0 saturated heterocycles. The Morgan fingerprint density at radius 1 is 0.650 bits per heavy atom. The van der Waals surface area contributed by atoms with Crippen molar-refractivity contribution in [2.24, 2.45) is 0 Å². The molecule has 0 amide bonds. The average Bonchev–Trinajstić information content (AvgIpc) is 2.51. The minimum Gasteiger partial charge on any atom is -0.207 e. The summed E-state index contributed by atoms with van der Waals surface area (Å²) in [5, 5.41) is 0. The van der Waals surface area contributed by atoms with Gasteiger partial charge in [0.25, 0.3) is 0 Å². The summed E-state index contributed by atoms with van der Waals surface area (Å²) in [5.74, 6) is -0.201. The molecule has 0 aliphatic carbocycles. The van der Waals surface area contributed by atoms with Crippen LogP contribution in [0.4, 0.5) is 4.39 Å². The lowest BCUT2D eigenvalue weighted by molar-refractivity contribution is 0.628.